The molecule has 0 saturated heterocycles. The lowest BCUT2D eigenvalue weighted by molar-refractivity contribution is 0.282. The Balaban J connectivity index is 2.10. The molecule has 0 amide bonds. The van der Waals surface area contributed by atoms with Crippen molar-refractivity contribution in [2.24, 2.45) is 0 Å². The number of aliphatic hydroxyl groups excluding tert-OH is 1. The van der Waals surface area contributed by atoms with Gasteiger partial charge in [-0.1, -0.05) is 29.8 Å². The number of fused-ring (bicyclic) bond motifs is 1. The minimum Gasteiger partial charge on any atom is -0.491 e. The van der Waals surface area contributed by atoms with Crippen molar-refractivity contribution >= 4 is 11.4 Å². The minimum atomic E-state index is 0.0521. The van der Waals surface area contributed by atoms with Crippen LogP contribution in [-0.4, -0.2) is 18.3 Å². The Morgan fingerprint density at radius 1 is 1.15 bits per heavy atom. The lowest BCUT2D eigenvalue weighted by Gasteiger charge is -2.26. The predicted molar refractivity (Wildman–Crippen MR) is 80.7 cm³/mol. The molecular weight excluding hydrogens is 250 g/mol. The van der Waals surface area contributed by atoms with Gasteiger partial charge in [-0.15, -0.1) is 0 Å². The van der Waals surface area contributed by atoms with Crippen molar-refractivity contribution in [1.29, 1.82) is 0 Å². The third-order valence-electron chi connectivity index (χ3n) is 3.64. The van der Waals surface area contributed by atoms with Gasteiger partial charge in [0, 0.05) is 17.8 Å². The molecule has 104 valence electrons. The summed E-state index contributed by atoms with van der Waals surface area (Å²) in [6.07, 6.45) is 0.966. The zero-order valence-corrected chi connectivity index (χ0v) is 11.7. The molecule has 3 nitrogen and oxygen atoms in total. The van der Waals surface area contributed by atoms with Gasteiger partial charge in [-0.3, -0.25) is 0 Å². The van der Waals surface area contributed by atoms with Gasteiger partial charge >= 0.3 is 0 Å². The maximum Gasteiger partial charge on any atom is 0.142 e. The Morgan fingerprint density at radius 2 is 2.00 bits per heavy atom. The lowest BCUT2D eigenvalue weighted by atomic mass is 10.1. The fraction of sp³-hybridized carbons (Fsp3) is 0.294. The molecule has 20 heavy (non-hydrogen) atoms. The van der Waals surface area contributed by atoms with Crippen molar-refractivity contribution in [3.8, 4) is 5.75 Å². The van der Waals surface area contributed by atoms with Gasteiger partial charge in [0.15, 0.2) is 0 Å². The van der Waals surface area contributed by atoms with Crippen molar-refractivity contribution in [2.75, 3.05) is 18.1 Å². The number of aryl methyl sites for hydroxylation is 1. The first-order valence-corrected chi connectivity index (χ1v) is 6.99. The first-order valence-electron chi connectivity index (χ1n) is 6.99. The van der Waals surface area contributed by atoms with Gasteiger partial charge in [-0.25, -0.2) is 0 Å². The first kappa shape index (κ1) is 13.0. The van der Waals surface area contributed by atoms with Crippen LogP contribution in [0.25, 0.3) is 0 Å². The Kier molecular flexibility index (Phi) is 3.61. The molecule has 2 aromatic carbocycles. The van der Waals surface area contributed by atoms with Crippen LogP contribution in [0.1, 0.15) is 17.5 Å². The molecular formula is C17H19NO2. The SMILES string of the molecule is Cc1ccc(N2CCCOc3ccccc32)c(CO)c1. The zero-order chi connectivity index (χ0) is 13.9. The maximum atomic E-state index is 9.63. The fourth-order valence-corrected chi connectivity index (χ4v) is 2.68. The molecule has 0 unspecified atom stereocenters. The molecule has 1 N–H and O–H groups in total. The Morgan fingerprint density at radius 3 is 2.85 bits per heavy atom. The Bertz CT molecular complexity index is 610. The fourth-order valence-electron chi connectivity index (χ4n) is 2.68. The standard InChI is InChI=1S/C17H19NO2/c1-13-7-8-15(14(11-13)12-19)18-9-4-10-20-17-6-3-2-5-16(17)18/h2-3,5-8,11,19H,4,9-10,12H2,1H3. The summed E-state index contributed by atoms with van der Waals surface area (Å²) >= 11 is 0. The summed E-state index contributed by atoms with van der Waals surface area (Å²) in [4.78, 5) is 2.24. The molecule has 1 aliphatic heterocycles. The van der Waals surface area contributed by atoms with E-state index in [9.17, 15) is 5.11 Å². The largest absolute Gasteiger partial charge is 0.491 e. The highest BCUT2D eigenvalue weighted by Crippen LogP contribution is 2.37. The van der Waals surface area contributed by atoms with Crippen molar-refractivity contribution in [2.45, 2.75) is 20.0 Å². The molecule has 1 heterocycles. The number of anilines is 2. The van der Waals surface area contributed by atoms with Gasteiger partial charge in [-0.2, -0.15) is 0 Å². The molecule has 0 aliphatic carbocycles. The molecule has 0 aromatic heterocycles. The second-order valence-electron chi connectivity index (χ2n) is 5.11. The number of hydrogen-bond donors (Lipinski definition) is 1. The van der Waals surface area contributed by atoms with E-state index >= 15 is 0 Å². The van der Waals surface area contributed by atoms with Crippen molar-refractivity contribution in [3.63, 3.8) is 0 Å². The van der Waals surface area contributed by atoms with Crippen LogP contribution in [0.4, 0.5) is 11.4 Å². The predicted octanol–water partition coefficient (Wildman–Crippen LogP) is 3.41. The normalized spacial score (nSPS) is 14.4. The van der Waals surface area contributed by atoms with E-state index in [-0.39, 0.29) is 6.61 Å². The third kappa shape index (κ3) is 2.37. The average Bonchev–Trinajstić information content (AvgIpc) is 2.69. The van der Waals surface area contributed by atoms with Crippen LogP contribution in [0, 0.1) is 6.92 Å². The van der Waals surface area contributed by atoms with Crippen LogP contribution < -0.4 is 9.64 Å². The van der Waals surface area contributed by atoms with Gasteiger partial charge in [-0.05, 0) is 31.5 Å². The molecule has 0 radical (unpaired) electrons. The summed E-state index contributed by atoms with van der Waals surface area (Å²) in [5.41, 5.74) is 4.26. The highest BCUT2D eigenvalue weighted by molar-refractivity contribution is 5.72. The monoisotopic (exact) mass is 269 g/mol. The summed E-state index contributed by atoms with van der Waals surface area (Å²) in [5.74, 6) is 0.912. The zero-order valence-electron chi connectivity index (χ0n) is 11.7. The van der Waals surface area contributed by atoms with E-state index in [4.69, 9.17) is 4.74 Å². The van der Waals surface area contributed by atoms with E-state index in [1.807, 2.05) is 31.2 Å². The lowest BCUT2D eigenvalue weighted by Crippen LogP contribution is -2.19. The maximum absolute atomic E-state index is 9.63. The topological polar surface area (TPSA) is 32.7 Å². The molecule has 0 saturated carbocycles. The molecule has 1 aliphatic rings. The van der Waals surface area contributed by atoms with Gasteiger partial charge in [0.05, 0.1) is 18.9 Å². The van der Waals surface area contributed by atoms with Crippen LogP contribution in [-0.2, 0) is 6.61 Å². The number of hydrogen-bond acceptors (Lipinski definition) is 3. The van der Waals surface area contributed by atoms with Crippen LogP contribution in [0.3, 0.4) is 0 Å². The summed E-state index contributed by atoms with van der Waals surface area (Å²) in [6, 6.07) is 14.3. The van der Waals surface area contributed by atoms with E-state index in [0.717, 1.165) is 47.8 Å². The van der Waals surface area contributed by atoms with E-state index in [2.05, 4.69) is 23.1 Å². The molecule has 3 heteroatoms. The second-order valence-corrected chi connectivity index (χ2v) is 5.11. The van der Waals surface area contributed by atoms with Gasteiger partial charge < -0.3 is 14.7 Å². The summed E-state index contributed by atoms with van der Waals surface area (Å²) in [5, 5.41) is 9.63. The summed E-state index contributed by atoms with van der Waals surface area (Å²) in [6.45, 7) is 3.72. The Hall–Kier alpha value is -2.00. The first-order chi connectivity index (χ1) is 9.79. The van der Waals surface area contributed by atoms with Crippen LogP contribution in [0.2, 0.25) is 0 Å². The molecule has 2 aromatic rings. The highest BCUT2D eigenvalue weighted by Gasteiger charge is 2.19. The van der Waals surface area contributed by atoms with Gasteiger partial charge in [0.2, 0.25) is 0 Å². The molecule has 3 rings (SSSR count). The van der Waals surface area contributed by atoms with E-state index in [1.54, 1.807) is 0 Å². The number of nitrogens with zero attached hydrogens (tertiary/aromatic N) is 1. The molecule has 0 atom stereocenters. The van der Waals surface area contributed by atoms with Gasteiger partial charge in [0.1, 0.15) is 5.75 Å². The minimum absolute atomic E-state index is 0.0521. The van der Waals surface area contributed by atoms with Crippen LogP contribution in [0.5, 0.6) is 5.75 Å². The number of para-hydroxylation sites is 2. The van der Waals surface area contributed by atoms with Crippen molar-refractivity contribution < 1.29 is 9.84 Å². The molecule has 0 spiro atoms. The van der Waals surface area contributed by atoms with E-state index < -0.39 is 0 Å². The smallest absolute Gasteiger partial charge is 0.142 e. The van der Waals surface area contributed by atoms with E-state index in [1.165, 1.54) is 0 Å². The number of ether oxygens (including phenoxy) is 1. The van der Waals surface area contributed by atoms with Crippen molar-refractivity contribution in [3.05, 3.63) is 53.6 Å². The van der Waals surface area contributed by atoms with E-state index in [0.29, 0.717) is 0 Å². The van der Waals surface area contributed by atoms with Crippen molar-refractivity contribution in [1.82, 2.24) is 0 Å². The highest BCUT2D eigenvalue weighted by atomic mass is 16.5. The number of benzene rings is 2. The van der Waals surface area contributed by atoms with Gasteiger partial charge in [0.25, 0.3) is 0 Å². The Labute approximate surface area is 119 Å². The average molecular weight is 269 g/mol. The molecule has 0 fully saturated rings. The summed E-state index contributed by atoms with van der Waals surface area (Å²) in [7, 11) is 0. The summed E-state index contributed by atoms with van der Waals surface area (Å²) < 4.78 is 5.79. The number of aliphatic hydroxyl groups is 1. The quantitative estimate of drug-likeness (QED) is 0.907. The van der Waals surface area contributed by atoms with Crippen LogP contribution >= 0.6 is 0 Å². The van der Waals surface area contributed by atoms with Crippen LogP contribution in [0.15, 0.2) is 42.5 Å². The second kappa shape index (κ2) is 5.55. The number of rotatable bonds is 2. The third-order valence-corrected chi connectivity index (χ3v) is 3.64. The molecule has 0 bridgehead atoms.